The van der Waals surface area contributed by atoms with Gasteiger partial charge in [0.25, 0.3) is 6.43 Å². The number of hydrogen-bond donors (Lipinski definition) is 1. The van der Waals surface area contributed by atoms with E-state index in [2.05, 4.69) is 9.72 Å². The van der Waals surface area contributed by atoms with Crippen LogP contribution in [0.3, 0.4) is 0 Å². The summed E-state index contributed by atoms with van der Waals surface area (Å²) in [6.45, 7) is -0.983. The number of aliphatic hydroxyl groups is 1. The molecule has 0 radical (unpaired) electrons. The third-order valence-corrected chi connectivity index (χ3v) is 1.81. The van der Waals surface area contributed by atoms with Gasteiger partial charge in [-0.3, -0.25) is 0 Å². The second-order valence-electron chi connectivity index (χ2n) is 2.99. The number of aromatic nitrogens is 1. The molecule has 4 nitrogen and oxygen atoms in total. The first kappa shape index (κ1) is 14.1. The quantitative estimate of drug-likeness (QED) is 0.854. The molecule has 0 aliphatic rings. The summed E-state index contributed by atoms with van der Waals surface area (Å²) in [6.07, 6.45) is -8.30. The molecular formula is C9H5F5N2O2. The molecule has 0 bridgehead atoms. The molecule has 0 atom stereocenters. The first-order chi connectivity index (χ1) is 8.28. The second-order valence-corrected chi connectivity index (χ2v) is 2.99. The molecule has 1 aromatic heterocycles. The summed E-state index contributed by atoms with van der Waals surface area (Å²) in [7, 11) is 0. The number of nitrogens with zero attached hydrogens (tertiary/aromatic N) is 2. The van der Waals surface area contributed by atoms with Gasteiger partial charge in [0.2, 0.25) is 0 Å². The van der Waals surface area contributed by atoms with E-state index >= 15 is 0 Å². The monoisotopic (exact) mass is 268 g/mol. The maximum Gasteiger partial charge on any atom is 0.573 e. The Bertz CT molecular complexity index is 481. The minimum Gasteiger partial charge on any atom is -0.404 e. The zero-order valence-corrected chi connectivity index (χ0v) is 8.50. The van der Waals surface area contributed by atoms with Gasteiger partial charge in [0.15, 0.2) is 5.75 Å². The molecule has 0 aliphatic carbocycles. The fraction of sp³-hybridized carbons (Fsp3) is 0.333. The standard InChI is InChI=1S/C9H5F5N2O2/c10-8(11)4-1-7(18-9(12,13)14)6(3-17)16-5(4)2-15/h1,8,17H,3H2. The zero-order chi connectivity index (χ0) is 13.9. The molecule has 1 N–H and O–H groups in total. The van der Waals surface area contributed by atoms with E-state index in [1.54, 1.807) is 0 Å². The molecule has 18 heavy (non-hydrogen) atoms. The number of hydrogen-bond acceptors (Lipinski definition) is 4. The molecule has 0 spiro atoms. The fourth-order valence-corrected chi connectivity index (χ4v) is 1.13. The number of halogens is 5. The summed E-state index contributed by atoms with van der Waals surface area (Å²) in [5, 5.41) is 17.3. The Balaban J connectivity index is 3.33. The number of nitriles is 1. The number of rotatable bonds is 3. The van der Waals surface area contributed by atoms with Crippen LogP contribution in [-0.4, -0.2) is 16.5 Å². The van der Waals surface area contributed by atoms with Gasteiger partial charge in [0.1, 0.15) is 17.5 Å². The number of alkyl halides is 5. The molecule has 1 aromatic rings. The number of aliphatic hydroxyl groups excluding tert-OH is 1. The molecule has 1 heterocycles. The lowest BCUT2D eigenvalue weighted by Crippen LogP contribution is -2.19. The molecule has 0 saturated carbocycles. The van der Waals surface area contributed by atoms with Crippen molar-refractivity contribution in [2.24, 2.45) is 0 Å². The van der Waals surface area contributed by atoms with Gasteiger partial charge in [-0.1, -0.05) is 0 Å². The van der Waals surface area contributed by atoms with Gasteiger partial charge in [-0.2, -0.15) is 5.26 Å². The van der Waals surface area contributed by atoms with Crippen LogP contribution in [0, 0.1) is 11.3 Å². The summed E-state index contributed by atoms with van der Waals surface area (Å²) >= 11 is 0. The van der Waals surface area contributed by atoms with Gasteiger partial charge < -0.3 is 9.84 Å². The van der Waals surface area contributed by atoms with Crippen molar-refractivity contribution < 1.29 is 31.8 Å². The van der Waals surface area contributed by atoms with Gasteiger partial charge in [0, 0.05) is 0 Å². The molecule has 9 heteroatoms. The molecule has 98 valence electrons. The van der Waals surface area contributed by atoms with Crippen LogP contribution in [0.15, 0.2) is 6.07 Å². The van der Waals surface area contributed by atoms with E-state index < -0.39 is 42.1 Å². The predicted octanol–water partition coefficient (Wildman–Crippen LogP) is 2.28. The van der Waals surface area contributed by atoms with Crippen molar-refractivity contribution in [1.29, 1.82) is 5.26 Å². The van der Waals surface area contributed by atoms with Crippen molar-refractivity contribution in [3.63, 3.8) is 0 Å². The van der Waals surface area contributed by atoms with Crippen LogP contribution >= 0.6 is 0 Å². The van der Waals surface area contributed by atoms with Crippen LogP contribution < -0.4 is 4.74 Å². The number of ether oxygens (including phenoxy) is 1. The van der Waals surface area contributed by atoms with E-state index in [9.17, 15) is 22.0 Å². The van der Waals surface area contributed by atoms with Crippen LogP contribution in [0.25, 0.3) is 0 Å². The van der Waals surface area contributed by atoms with E-state index in [1.165, 1.54) is 6.07 Å². The van der Waals surface area contributed by atoms with Crippen molar-refractivity contribution in [3.05, 3.63) is 23.0 Å². The second kappa shape index (κ2) is 5.14. The highest BCUT2D eigenvalue weighted by atomic mass is 19.4. The van der Waals surface area contributed by atoms with E-state index in [0.717, 1.165) is 0 Å². The molecule has 0 amide bonds. The lowest BCUT2D eigenvalue weighted by atomic mass is 10.1. The van der Waals surface area contributed by atoms with Gasteiger partial charge in [-0.05, 0) is 6.07 Å². The van der Waals surface area contributed by atoms with E-state index in [4.69, 9.17) is 10.4 Å². The highest BCUT2D eigenvalue weighted by Gasteiger charge is 2.33. The summed E-state index contributed by atoms with van der Waals surface area (Å²) in [6, 6.07) is 1.65. The SMILES string of the molecule is N#Cc1nc(CO)c(OC(F)(F)F)cc1C(F)F. The van der Waals surface area contributed by atoms with Crippen LogP contribution in [-0.2, 0) is 6.61 Å². The minimum atomic E-state index is -5.11. The molecule has 0 saturated heterocycles. The van der Waals surface area contributed by atoms with Gasteiger partial charge >= 0.3 is 6.36 Å². The van der Waals surface area contributed by atoms with Gasteiger partial charge in [0.05, 0.1) is 12.2 Å². The first-order valence-electron chi connectivity index (χ1n) is 4.37. The normalized spacial score (nSPS) is 11.4. The first-order valence-corrected chi connectivity index (χ1v) is 4.37. The molecular weight excluding hydrogens is 263 g/mol. The third-order valence-electron chi connectivity index (χ3n) is 1.81. The molecule has 0 aliphatic heterocycles. The Hall–Kier alpha value is -1.95. The number of pyridine rings is 1. The Morgan fingerprint density at radius 3 is 2.44 bits per heavy atom. The lowest BCUT2D eigenvalue weighted by Gasteiger charge is -2.13. The lowest BCUT2D eigenvalue weighted by molar-refractivity contribution is -0.275. The molecule has 0 fully saturated rings. The smallest absolute Gasteiger partial charge is 0.404 e. The predicted molar refractivity (Wildman–Crippen MR) is 46.5 cm³/mol. The Morgan fingerprint density at radius 2 is 2.06 bits per heavy atom. The maximum atomic E-state index is 12.5. The summed E-state index contributed by atoms with van der Waals surface area (Å²) < 4.78 is 64.4. The highest BCUT2D eigenvalue weighted by Crippen LogP contribution is 2.31. The van der Waals surface area contributed by atoms with Crippen molar-refractivity contribution >= 4 is 0 Å². The van der Waals surface area contributed by atoms with Crippen molar-refractivity contribution in [2.75, 3.05) is 0 Å². The van der Waals surface area contributed by atoms with E-state index in [0.29, 0.717) is 6.07 Å². The molecule has 0 unspecified atom stereocenters. The highest BCUT2D eigenvalue weighted by molar-refractivity contribution is 5.41. The van der Waals surface area contributed by atoms with Crippen LogP contribution in [0.4, 0.5) is 22.0 Å². The van der Waals surface area contributed by atoms with Gasteiger partial charge in [-0.25, -0.2) is 13.8 Å². The van der Waals surface area contributed by atoms with Crippen LogP contribution in [0.1, 0.15) is 23.4 Å². The van der Waals surface area contributed by atoms with Crippen molar-refractivity contribution in [2.45, 2.75) is 19.4 Å². The third kappa shape index (κ3) is 3.27. The van der Waals surface area contributed by atoms with Crippen LogP contribution in [0.2, 0.25) is 0 Å². The van der Waals surface area contributed by atoms with Crippen LogP contribution in [0.5, 0.6) is 5.75 Å². The average Bonchev–Trinajstić information content (AvgIpc) is 2.26. The molecule has 0 aromatic carbocycles. The van der Waals surface area contributed by atoms with Crippen molar-refractivity contribution in [3.8, 4) is 11.8 Å². The van der Waals surface area contributed by atoms with E-state index in [-0.39, 0.29) is 0 Å². The fourth-order valence-electron chi connectivity index (χ4n) is 1.13. The minimum absolute atomic E-state index is 0.343. The van der Waals surface area contributed by atoms with Crippen molar-refractivity contribution in [1.82, 2.24) is 4.98 Å². The summed E-state index contributed by atoms with van der Waals surface area (Å²) in [4.78, 5) is 3.20. The largest absolute Gasteiger partial charge is 0.573 e. The Morgan fingerprint density at radius 1 is 1.44 bits per heavy atom. The zero-order valence-electron chi connectivity index (χ0n) is 8.50. The summed E-state index contributed by atoms with van der Waals surface area (Å²) in [5.41, 5.74) is -2.40. The Kier molecular flexibility index (Phi) is 4.03. The maximum absolute atomic E-state index is 12.5. The Labute approximate surface area is 97.2 Å². The van der Waals surface area contributed by atoms with E-state index in [1.807, 2.05) is 0 Å². The summed E-state index contributed by atoms with van der Waals surface area (Å²) in [5.74, 6) is -1.06. The molecule has 1 rings (SSSR count). The van der Waals surface area contributed by atoms with Gasteiger partial charge in [-0.15, -0.1) is 13.2 Å². The average molecular weight is 268 g/mol. The topological polar surface area (TPSA) is 66.1 Å².